The van der Waals surface area contributed by atoms with E-state index in [0.717, 1.165) is 21.7 Å². The largest absolute Gasteiger partial charge is 0.348 e. The first kappa shape index (κ1) is 19.1. The number of pyridine rings is 2. The molecule has 2 aromatic heterocycles. The van der Waals surface area contributed by atoms with Crippen molar-refractivity contribution in [2.45, 2.75) is 23.1 Å². The highest BCUT2D eigenvalue weighted by molar-refractivity contribution is 8.01. The summed E-state index contributed by atoms with van der Waals surface area (Å²) < 4.78 is 0. The summed E-state index contributed by atoms with van der Waals surface area (Å²) in [5.74, 6) is -0.0881. The van der Waals surface area contributed by atoms with Crippen molar-refractivity contribution in [1.29, 1.82) is 0 Å². The molecule has 3 heterocycles. The summed E-state index contributed by atoms with van der Waals surface area (Å²) in [5, 5.41) is 2.68. The van der Waals surface area contributed by atoms with E-state index in [1.54, 1.807) is 42.8 Å². The Morgan fingerprint density at radius 2 is 1.93 bits per heavy atom. The Hall–Kier alpha value is -3.19. The van der Waals surface area contributed by atoms with Crippen molar-refractivity contribution in [3.05, 3.63) is 83.9 Å². The fourth-order valence-electron chi connectivity index (χ4n) is 3.21. The number of thioether (sulfide) groups is 1. The Kier molecular flexibility index (Phi) is 5.57. The third-order valence-corrected chi connectivity index (χ3v) is 6.04. The molecule has 0 aliphatic carbocycles. The number of anilines is 1. The molecule has 0 saturated carbocycles. The molecule has 1 atom stereocenters. The summed E-state index contributed by atoms with van der Waals surface area (Å²) in [6.45, 7) is 0.438. The second kappa shape index (κ2) is 8.45. The molecule has 7 heteroatoms. The number of nitrogens with zero attached hydrogens (tertiary/aromatic N) is 3. The second-order valence-corrected chi connectivity index (χ2v) is 8.03. The van der Waals surface area contributed by atoms with Gasteiger partial charge in [0.2, 0.25) is 5.91 Å². The van der Waals surface area contributed by atoms with Crippen LogP contribution in [-0.4, -0.2) is 34.1 Å². The van der Waals surface area contributed by atoms with Gasteiger partial charge in [-0.05, 0) is 53.9 Å². The van der Waals surface area contributed by atoms with Crippen LogP contribution in [0, 0.1) is 0 Å². The predicted molar refractivity (Wildman–Crippen MR) is 113 cm³/mol. The highest BCUT2D eigenvalue weighted by Gasteiger charge is 2.32. The molecule has 1 aliphatic rings. The van der Waals surface area contributed by atoms with Crippen LogP contribution in [0.25, 0.3) is 0 Å². The first-order valence-electron chi connectivity index (χ1n) is 9.26. The standard InChI is InChI=1S/C22H20N4O2S/c1-26-18-5-4-17(21(27)25-14-15-6-9-23-10-7-15)12-19(18)29-20(22(26)28)11-16-3-2-8-24-13-16/h2-10,12-13,20H,11,14H2,1H3,(H,25,27). The van der Waals surface area contributed by atoms with E-state index >= 15 is 0 Å². The number of hydrogen-bond acceptors (Lipinski definition) is 5. The minimum atomic E-state index is -0.244. The van der Waals surface area contributed by atoms with Crippen LogP contribution in [-0.2, 0) is 17.8 Å². The van der Waals surface area contributed by atoms with Crippen LogP contribution in [0.5, 0.6) is 0 Å². The van der Waals surface area contributed by atoms with Crippen LogP contribution >= 0.6 is 11.8 Å². The topological polar surface area (TPSA) is 75.2 Å². The van der Waals surface area contributed by atoms with E-state index in [0.29, 0.717) is 18.5 Å². The molecule has 1 unspecified atom stereocenters. The molecule has 3 aromatic rings. The van der Waals surface area contributed by atoms with Crippen molar-refractivity contribution < 1.29 is 9.59 Å². The van der Waals surface area contributed by atoms with Gasteiger partial charge < -0.3 is 10.2 Å². The minimum Gasteiger partial charge on any atom is -0.348 e. The number of nitrogens with one attached hydrogen (secondary N) is 1. The van der Waals surface area contributed by atoms with E-state index in [1.807, 2.05) is 36.4 Å². The summed E-state index contributed by atoms with van der Waals surface area (Å²) >= 11 is 1.50. The van der Waals surface area contributed by atoms with Gasteiger partial charge in [0.1, 0.15) is 0 Å². The number of carbonyl (C=O) groups excluding carboxylic acids is 2. The molecule has 1 aromatic carbocycles. The molecule has 0 spiro atoms. The van der Waals surface area contributed by atoms with Crippen molar-refractivity contribution in [2.75, 3.05) is 11.9 Å². The number of aromatic nitrogens is 2. The molecule has 0 saturated heterocycles. The smallest absolute Gasteiger partial charge is 0.251 e. The van der Waals surface area contributed by atoms with Gasteiger partial charge in [-0.3, -0.25) is 19.6 Å². The first-order chi connectivity index (χ1) is 14.1. The molecule has 146 valence electrons. The highest BCUT2D eigenvalue weighted by Crippen LogP contribution is 2.40. The second-order valence-electron chi connectivity index (χ2n) is 6.79. The lowest BCUT2D eigenvalue weighted by Gasteiger charge is -2.31. The Morgan fingerprint density at radius 1 is 1.10 bits per heavy atom. The molecule has 1 N–H and O–H groups in total. The van der Waals surface area contributed by atoms with E-state index < -0.39 is 0 Å². The maximum Gasteiger partial charge on any atom is 0.251 e. The molecular formula is C22H20N4O2S. The van der Waals surface area contributed by atoms with Gasteiger partial charge in [0.05, 0.1) is 10.9 Å². The Balaban J connectivity index is 1.50. The number of carbonyl (C=O) groups is 2. The lowest BCUT2D eigenvalue weighted by Crippen LogP contribution is -2.39. The number of fused-ring (bicyclic) bond motifs is 1. The van der Waals surface area contributed by atoms with Gasteiger partial charge in [-0.15, -0.1) is 11.8 Å². The average molecular weight is 404 g/mol. The van der Waals surface area contributed by atoms with Crippen molar-refractivity contribution in [1.82, 2.24) is 15.3 Å². The highest BCUT2D eigenvalue weighted by atomic mass is 32.2. The van der Waals surface area contributed by atoms with E-state index in [1.165, 1.54) is 11.8 Å². The predicted octanol–water partition coefficient (Wildman–Crippen LogP) is 3.09. The summed E-state index contributed by atoms with van der Waals surface area (Å²) in [4.78, 5) is 36.1. The fourth-order valence-corrected chi connectivity index (χ4v) is 4.57. The van der Waals surface area contributed by atoms with Crippen molar-refractivity contribution in [3.63, 3.8) is 0 Å². The molecule has 1 aliphatic heterocycles. The third-order valence-electron chi connectivity index (χ3n) is 4.80. The maximum absolute atomic E-state index is 12.8. The summed E-state index contributed by atoms with van der Waals surface area (Å²) in [6.07, 6.45) is 7.50. The normalized spacial score (nSPS) is 15.7. The van der Waals surface area contributed by atoms with Crippen molar-refractivity contribution in [3.8, 4) is 0 Å². The zero-order valence-electron chi connectivity index (χ0n) is 15.9. The fraction of sp³-hybridized carbons (Fsp3) is 0.182. The van der Waals surface area contributed by atoms with Gasteiger partial charge in [0, 0.05) is 48.8 Å². The zero-order valence-corrected chi connectivity index (χ0v) is 16.7. The van der Waals surface area contributed by atoms with Crippen LogP contribution in [0.1, 0.15) is 21.5 Å². The Bertz CT molecular complexity index is 1030. The number of hydrogen-bond donors (Lipinski definition) is 1. The minimum absolute atomic E-state index is 0.0567. The van der Waals surface area contributed by atoms with Gasteiger partial charge in [-0.25, -0.2) is 0 Å². The summed E-state index contributed by atoms with van der Waals surface area (Å²) in [5.41, 5.74) is 3.41. The molecule has 2 amide bonds. The van der Waals surface area contributed by atoms with E-state index in [2.05, 4.69) is 15.3 Å². The molecule has 0 bridgehead atoms. The average Bonchev–Trinajstić information content (AvgIpc) is 2.76. The number of benzene rings is 1. The molecule has 6 nitrogen and oxygen atoms in total. The lowest BCUT2D eigenvalue weighted by molar-refractivity contribution is -0.117. The quantitative estimate of drug-likeness (QED) is 0.707. The third kappa shape index (κ3) is 4.30. The van der Waals surface area contributed by atoms with Crippen molar-refractivity contribution in [2.24, 2.45) is 0 Å². The van der Waals surface area contributed by atoms with Gasteiger partial charge in [-0.1, -0.05) is 6.07 Å². The molecular weight excluding hydrogens is 384 g/mol. The van der Waals surface area contributed by atoms with Crippen LogP contribution in [0.15, 0.2) is 72.1 Å². The summed E-state index contributed by atoms with van der Waals surface area (Å²) in [7, 11) is 1.78. The maximum atomic E-state index is 12.8. The number of amides is 2. The van der Waals surface area contributed by atoms with Gasteiger partial charge in [-0.2, -0.15) is 0 Å². The van der Waals surface area contributed by atoms with E-state index in [4.69, 9.17) is 0 Å². The van der Waals surface area contributed by atoms with Crippen LogP contribution in [0.4, 0.5) is 5.69 Å². The summed E-state index contributed by atoms with van der Waals surface area (Å²) in [6, 6.07) is 13.0. The molecule has 0 fully saturated rings. The SMILES string of the molecule is CN1C(=O)C(Cc2cccnc2)Sc2cc(C(=O)NCc3ccncc3)ccc21. The number of rotatable bonds is 5. The van der Waals surface area contributed by atoms with Crippen LogP contribution in [0.2, 0.25) is 0 Å². The zero-order chi connectivity index (χ0) is 20.2. The molecule has 0 radical (unpaired) electrons. The molecule has 29 heavy (non-hydrogen) atoms. The van der Waals surface area contributed by atoms with Crippen molar-refractivity contribution >= 4 is 29.3 Å². The van der Waals surface area contributed by atoms with E-state index in [9.17, 15) is 9.59 Å². The van der Waals surface area contributed by atoms with E-state index in [-0.39, 0.29) is 17.1 Å². The van der Waals surface area contributed by atoms with Gasteiger partial charge >= 0.3 is 0 Å². The first-order valence-corrected chi connectivity index (χ1v) is 10.1. The Labute approximate surface area is 173 Å². The molecule has 4 rings (SSSR count). The van der Waals surface area contributed by atoms with Crippen LogP contribution < -0.4 is 10.2 Å². The van der Waals surface area contributed by atoms with Gasteiger partial charge in [0.15, 0.2) is 0 Å². The van der Waals surface area contributed by atoms with Gasteiger partial charge in [0.25, 0.3) is 5.91 Å². The van der Waals surface area contributed by atoms with Crippen LogP contribution in [0.3, 0.4) is 0 Å². The Morgan fingerprint density at radius 3 is 2.69 bits per heavy atom. The lowest BCUT2D eigenvalue weighted by atomic mass is 10.1. The monoisotopic (exact) mass is 404 g/mol.